The lowest BCUT2D eigenvalue weighted by Gasteiger charge is -2.09. The van der Waals surface area contributed by atoms with Crippen LogP contribution in [0.4, 0.5) is 0 Å². The van der Waals surface area contributed by atoms with Crippen molar-refractivity contribution in [2.75, 3.05) is 26.3 Å². The summed E-state index contributed by atoms with van der Waals surface area (Å²) in [5.41, 5.74) is 0. The molecule has 0 saturated heterocycles. The summed E-state index contributed by atoms with van der Waals surface area (Å²) in [6.07, 6.45) is 0.875. The van der Waals surface area contributed by atoms with Gasteiger partial charge in [-0.15, -0.1) is 0 Å². The first-order valence-electron chi connectivity index (χ1n) is 6.13. The first kappa shape index (κ1) is 15.4. The third kappa shape index (κ3) is 9.93. The van der Waals surface area contributed by atoms with Crippen LogP contribution in [0.3, 0.4) is 0 Å². The molecule has 0 aliphatic rings. The molecule has 96 valence electrons. The van der Waals surface area contributed by atoms with Gasteiger partial charge in [0.2, 0.25) is 5.91 Å². The van der Waals surface area contributed by atoms with E-state index in [0.29, 0.717) is 19.2 Å². The van der Waals surface area contributed by atoms with Crippen molar-refractivity contribution in [1.29, 1.82) is 0 Å². The van der Waals surface area contributed by atoms with Crippen LogP contribution in [0.1, 0.15) is 34.1 Å². The van der Waals surface area contributed by atoms with Crippen molar-refractivity contribution < 1.29 is 9.53 Å². The molecule has 0 heterocycles. The quantitative estimate of drug-likeness (QED) is 0.584. The van der Waals surface area contributed by atoms with Gasteiger partial charge in [0.25, 0.3) is 0 Å². The Kier molecular flexibility index (Phi) is 9.24. The Bertz CT molecular complexity index is 182. The van der Waals surface area contributed by atoms with Gasteiger partial charge in [-0.05, 0) is 6.42 Å². The summed E-state index contributed by atoms with van der Waals surface area (Å²) < 4.78 is 5.41. The van der Waals surface area contributed by atoms with Gasteiger partial charge in [0, 0.05) is 31.7 Å². The molecule has 0 aromatic rings. The summed E-state index contributed by atoms with van der Waals surface area (Å²) in [4.78, 5) is 11.2. The van der Waals surface area contributed by atoms with E-state index in [1.807, 2.05) is 13.8 Å². The van der Waals surface area contributed by atoms with Gasteiger partial charge in [0.15, 0.2) is 0 Å². The summed E-state index contributed by atoms with van der Waals surface area (Å²) in [6, 6.07) is 0.508. The van der Waals surface area contributed by atoms with Gasteiger partial charge < -0.3 is 15.4 Å². The predicted octanol–water partition coefficient (Wildman–Crippen LogP) is 1.16. The van der Waals surface area contributed by atoms with Crippen LogP contribution in [-0.4, -0.2) is 38.3 Å². The van der Waals surface area contributed by atoms with E-state index in [0.717, 1.165) is 19.6 Å². The highest BCUT2D eigenvalue weighted by atomic mass is 16.5. The van der Waals surface area contributed by atoms with Crippen molar-refractivity contribution in [3.05, 3.63) is 0 Å². The van der Waals surface area contributed by atoms with Crippen LogP contribution < -0.4 is 10.6 Å². The molecule has 0 aliphatic heterocycles. The van der Waals surface area contributed by atoms with Crippen molar-refractivity contribution in [3.63, 3.8) is 0 Å². The molecule has 0 radical (unpaired) electrons. The molecule has 16 heavy (non-hydrogen) atoms. The first-order chi connectivity index (χ1) is 7.54. The molecular weight excluding hydrogens is 204 g/mol. The number of hydrogen-bond donors (Lipinski definition) is 2. The minimum absolute atomic E-state index is 0.0659. The summed E-state index contributed by atoms with van der Waals surface area (Å²) in [7, 11) is 0. The molecule has 0 rings (SSSR count). The molecule has 1 amide bonds. The standard InChI is InChI=1S/C12H26N2O2/c1-10(2)12(15)14-6-5-8-16-9-7-13-11(3)4/h10-11,13H,5-9H2,1-4H3,(H,14,15). The highest BCUT2D eigenvalue weighted by molar-refractivity contribution is 5.77. The minimum atomic E-state index is 0.0659. The van der Waals surface area contributed by atoms with Crippen LogP contribution >= 0.6 is 0 Å². The van der Waals surface area contributed by atoms with E-state index in [9.17, 15) is 4.79 Å². The zero-order valence-electron chi connectivity index (χ0n) is 11.0. The van der Waals surface area contributed by atoms with E-state index in [1.54, 1.807) is 0 Å². The van der Waals surface area contributed by atoms with Crippen molar-refractivity contribution in [2.45, 2.75) is 40.2 Å². The highest BCUT2D eigenvalue weighted by Crippen LogP contribution is 1.90. The number of hydrogen-bond acceptors (Lipinski definition) is 3. The fourth-order valence-electron chi connectivity index (χ4n) is 1.11. The van der Waals surface area contributed by atoms with E-state index in [4.69, 9.17) is 4.74 Å². The second-order valence-electron chi connectivity index (χ2n) is 4.52. The third-order valence-corrected chi connectivity index (χ3v) is 2.09. The monoisotopic (exact) mass is 230 g/mol. The van der Waals surface area contributed by atoms with E-state index in [2.05, 4.69) is 24.5 Å². The molecule has 4 nitrogen and oxygen atoms in total. The Balaban J connectivity index is 3.13. The maximum atomic E-state index is 11.2. The van der Waals surface area contributed by atoms with Gasteiger partial charge in [-0.25, -0.2) is 0 Å². The molecule has 0 saturated carbocycles. The smallest absolute Gasteiger partial charge is 0.222 e. The second kappa shape index (κ2) is 9.60. The predicted molar refractivity (Wildman–Crippen MR) is 66.4 cm³/mol. The molecule has 4 heteroatoms. The fraction of sp³-hybridized carbons (Fsp3) is 0.917. The minimum Gasteiger partial charge on any atom is -0.380 e. The second-order valence-corrected chi connectivity index (χ2v) is 4.52. The molecular formula is C12H26N2O2. The number of carbonyl (C=O) groups excluding carboxylic acids is 1. The van der Waals surface area contributed by atoms with Gasteiger partial charge in [0.05, 0.1) is 6.61 Å². The topological polar surface area (TPSA) is 50.4 Å². The number of carbonyl (C=O) groups is 1. The van der Waals surface area contributed by atoms with Gasteiger partial charge in [-0.3, -0.25) is 4.79 Å². The normalized spacial score (nSPS) is 11.1. The van der Waals surface area contributed by atoms with Crippen LogP contribution in [0.2, 0.25) is 0 Å². The zero-order valence-corrected chi connectivity index (χ0v) is 11.0. The van der Waals surface area contributed by atoms with Crippen LogP contribution in [0.15, 0.2) is 0 Å². The summed E-state index contributed by atoms with van der Waals surface area (Å²) in [5.74, 6) is 0.178. The first-order valence-corrected chi connectivity index (χ1v) is 6.13. The van der Waals surface area contributed by atoms with E-state index >= 15 is 0 Å². The SMILES string of the molecule is CC(C)NCCOCCCNC(=O)C(C)C. The van der Waals surface area contributed by atoms with Crippen molar-refractivity contribution >= 4 is 5.91 Å². The van der Waals surface area contributed by atoms with Crippen molar-refractivity contribution in [1.82, 2.24) is 10.6 Å². The van der Waals surface area contributed by atoms with Crippen molar-refractivity contribution in [3.8, 4) is 0 Å². The lowest BCUT2D eigenvalue weighted by atomic mass is 10.2. The summed E-state index contributed by atoms with van der Waals surface area (Å²) in [6.45, 7) is 11.0. The fourth-order valence-corrected chi connectivity index (χ4v) is 1.11. The number of ether oxygens (including phenoxy) is 1. The largest absolute Gasteiger partial charge is 0.380 e. The summed E-state index contributed by atoms with van der Waals surface area (Å²) >= 11 is 0. The lowest BCUT2D eigenvalue weighted by Crippen LogP contribution is -2.29. The van der Waals surface area contributed by atoms with Crippen molar-refractivity contribution in [2.24, 2.45) is 5.92 Å². The molecule has 0 fully saturated rings. The Morgan fingerprint density at radius 3 is 2.38 bits per heavy atom. The maximum Gasteiger partial charge on any atom is 0.222 e. The van der Waals surface area contributed by atoms with Crippen LogP contribution in [0.25, 0.3) is 0 Å². The van der Waals surface area contributed by atoms with Gasteiger partial charge >= 0.3 is 0 Å². The molecule has 0 spiro atoms. The van der Waals surface area contributed by atoms with Crippen LogP contribution in [0.5, 0.6) is 0 Å². The average molecular weight is 230 g/mol. The lowest BCUT2D eigenvalue weighted by molar-refractivity contribution is -0.124. The number of rotatable bonds is 9. The number of amides is 1. The highest BCUT2D eigenvalue weighted by Gasteiger charge is 2.04. The molecule has 0 bridgehead atoms. The molecule has 2 N–H and O–H groups in total. The molecule has 0 aromatic heterocycles. The maximum absolute atomic E-state index is 11.2. The van der Waals surface area contributed by atoms with Crippen LogP contribution in [-0.2, 0) is 9.53 Å². The Morgan fingerprint density at radius 1 is 1.12 bits per heavy atom. The Morgan fingerprint density at radius 2 is 1.81 bits per heavy atom. The Labute approximate surface area is 99.1 Å². The Hall–Kier alpha value is -0.610. The van der Waals surface area contributed by atoms with Gasteiger partial charge in [0.1, 0.15) is 0 Å². The molecule has 0 atom stereocenters. The van der Waals surface area contributed by atoms with Gasteiger partial charge in [-0.1, -0.05) is 27.7 Å². The summed E-state index contributed by atoms with van der Waals surface area (Å²) in [5, 5.41) is 6.13. The zero-order chi connectivity index (χ0) is 12.4. The number of nitrogens with one attached hydrogen (secondary N) is 2. The van der Waals surface area contributed by atoms with Crippen LogP contribution in [0, 0.1) is 5.92 Å². The van der Waals surface area contributed by atoms with E-state index < -0.39 is 0 Å². The van der Waals surface area contributed by atoms with E-state index in [-0.39, 0.29) is 11.8 Å². The average Bonchev–Trinajstić information content (AvgIpc) is 2.21. The molecule has 0 aliphatic carbocycles. The van der Waals surface area contributed by atoms with E-state index in [1.165, 1.54) is 0 Å². The third-order valence-electron chi connectivity index (χ3n) is 2.09. The van der Waals surface area contributed by atoms with Gasteiger partial charge in [-0.2, -0.15) is 0 Å². The molecule has 0 unspecified atom stereocenters. The molecule has 0 aromatic carbocycles.